The number of ether oxygens (including phenoxy) is 1. The molecule has 0 bridgehead atoms. The quantitative estimate of drug-likeness (QED) is 0.818. The van der Waals surface area contributed by atoms with Gasteiger partial charge in [-0.2, -0.15) is 0 Å². The lowest BCUT2D eigenvalue weighted by Crippen LogP contribution is -2.45. The van der Waals surface area contributed by atoms with Crippen molar-refractivity contribution in [1.29, 1.82) is 0 Å². The van der Waals surface area contributed by atoms with Crippen LogP contribution in [0.3, 0.4) is 0 Å². The molecule has 0 saturated carbocycles. The van der Waals surface area contributed by atoms with Crippen LogP contribution in [0.4, 0.5) is 0 Å². The van der Waals surface area contributed by atoms with Crippen LogP contribution in [-0.2, 0) is 14.3 Å². The van der Waals surface area contributed by atoms with Gasteiger partial charge in [-0.25, -0.2) is 0 Å². The van der Waals surface area contributed by atoms with Gasteiger partial charge in [0.1, 0.15) is 6.61 Å². The maximum Gasteiger partial charge on any atom is 0.248 e. The summed E-state index contributed by atoms with van der Waals surface area (Å²) in [4.78, 5) is 26.0. The third kappa shape index (κ3) is 7.25. The third-order valence-electron chi connectivity index (χ3n) is 3.87. The lowest BCUT2D eigenvalue weighted by atomic mass is 9.95. The lowest BCUT2D eigenvalue weighted by Gasteiger charge is -2.32. The van der Waals surface area contributed by atoms with Crippen molar-refractivity contribution in [2.75, 3.05) is 26.2 Å². The number of carbonyl (C=O) groups is 2. The van der Waals surface area contributed by atoms with E-state index in [0.29, 0.717) is 19.0 Å². The van der Waals surface area contributed by atoms with Gasteiger partial charge < -0.3 is 15.0 Å². The Morgan fingerprint density at radius 2 is 1.82 bits per heavy atom. The predicted molar refractivity (Wildman–Crippen MR) is 87.5 cm³/mol. The largest absolute Gasteiger partial charge is 0.366 e. The van der Waals surface area contributed by atoms with E-state index in [1.165, 1.54) is 0 Å². The molecule has 1 aliphatic heterocycles. The fraction of sp³-hybridized carbons (Fsp3) is 0.882. The smallest absolute Gasteiger partial charge is 0.248 e. The van der Waals surface area contributed by atoms with Crippen LogP contribution in [0.2, 0.25) is 0 Å². The van der Waals surface area contributed by atoms with Gasteiger partial charge in [0.2, 0.25) is 11.8 Å². The van der Waals surface area contributed by atoms with Crippen molar-refractivity contribution in [3.63, 3.8) is 0 Å². The third-order valence-corrected chi connectivity index (χ3v) is 3.87. The maximum absolute atomic E-state index is 12.1. The molecule has 2 amide bonds. The molecule has 1 heterocycles. The van der Waals surface area contributed by atoms with Gasteiger partial charge >= 0.3 is 0 Å². The van der Waals surface area contributed by atoms with E-state index in [1.807, 2.05) is 25.7 Å². The molecule has 0 atom stereocenters. The number of rotatable bonds is 6. The van der Waals surface area contributed by atoms with Crippen molar-refractivity contribution >= 4 is 11.8 Å². The Labute approximate surface area is 134 Å². The minimum absolute atomic E-state index is 0.0218. The molecule has 0 aromatic carbocycles. The van der Waals surface area contributed by atoms with Crippen molar-refractivity contribution in [2.45, 2.75) is 59.5 Å². The van der Waals surface area contributed by atoms with Crippen LogP contribution in [0.5, 0.6) is 0 Å². The first-order valence-electron chi connectivity index (χ1n) is 8.38. The molecule has 0 unspecified atom stereocenters. The number of nitrogens with one attached hydrogen (secondary N) is 1. The average molecular weight is 312 g/mol. The average Bonchev–Trinajstić information content (AvgIpc) is 2.43. The molecule has 5 nitrogen and oxygen atoms in total. The fourth-order valence-corrected chi connectivity index (χ4v) is 2.39. The number of piperidine rings is 1. The van der Waals surface area contributed by atoms with Crippen LogP contribution in [0.25, 0.3) is 0 Å². The van der Waals surface area contributed by atoms with Gasteiger partial charge in [-0.3, -0.25) is 9.59 Å². The maximum atomic E-state index is 12.1. The first kappa shape index (κ1) is 18.9. The first-order chi connectivity index (χ1) is 10.2. The zero-order valence-corrected chi connectivity index (χ0v) is 14.8. The molecule has 22 heavy (non-hydrogen) atoms. The molecule has 1 saturated heterocycles. The molecule has 1 N–H and O–H groups in total. The molecule has 0 aliphatic carbocycles. The highest BCUT2D eigenvalue weighted by Gasteiger charge is 2.27. The summed E-state index contributed by atoms with van der Waals surface area (Å²) in [5.41, 5.74) is -0.301. The Hall–Kier alpha value is -1.10. The van der Waals surface area contributed by atoms with Gasteiger partial charge in [0.15, 0.2) is 0 Å². The molecular formula is C17H32N2O3. The van der Waals surface area contributed by atoms with E-state index in [9.17, 15) is 9.59 Å². The number of hydrogen-bond donors (Lipinski definition) is 1. The monoisotopic (exact) mass is 312 g/mol. The predicted octanol–water partition coefficient (Wildman–Crippen LogP) is 2.20. The van der Waals surface area contributed by atoms with E-state index in [0.717, 1.165) is 25.8 Å². The minimum atomic E-state index is -0.301. The van der Waals surface area contributed by atoms with Crippen molar-refractivity contribution in [1.82, 2.24) is 10.2 Å². The van der Waals surface area contributed by atoms with Gasteiger partial charge in [-0.15, -0.1) is 0 Å². The molecule has 0 spiro atoms. The number of amides is 2. The van der Waals surface area contributed by atoms with Gasteiger partial charge in [-0.1, -0.05) is 13.8 Å². The minimum Gasteiger partial charge on any atom is -0.366 e. The number of carbonyl (C=O) groups excluding carboxylic acids is 2. The molecule has 1 fully saturated rings. The topological polar surface area (TPSA) is 58.6 Å². The molecule has 0 aromatic heterocycles. The highest BCUT2D eigenvalue weighted by atomic mass is 16.5. The van der Waals surface area contributed by atoms with Crippen molar-refractivity contribution in [2.24, 2.45) is 11.8 Å². The van der Waals surface area contributed by atoms with Crippen LogP contribution in [0, 0.1) is 11.8 Å². The normalized spacial score (nSPS) is 16.9. The van der Waals surface area contributed by atoms with Crippen LogP contribution < -0.4 is 5.32 Å². The van der Waals surface area contributed by atoms with Crippen LogP contribution >= 0.6 is 0 Å². The summed E-state index contributed by atoms with van der Waals surface area (Å²) in [6, 6.07) is 0. The summed E-state index contributed by atoms with van der Waals surface area (Å²) >= 11 is 0. The van der Waals surface area contributed by atoms with Gasteiger partial charge in [0, 0.05) is 25.6 Å². The summed E-state index contributed by atoms with van der Waals surface area (Å²) in [5, 5.41) is 3.01. The van der Waals surface area contributed by atoms with Crippen LogP contribution in [0.15, 0.2) is 0 Å². The van der Waals surface area contributed by atoms with Crippen molar-refractivity contribution in [3.05, 3.63) is 0 Å². The first-order valence-corrected chi connectivity index (χ1v) is 8.38. The van der Waals surface area contributed by atoms with E-state index < -0.39 is 0 Å². The van der Waals surface area contributed by atoms with Gasteiger partial charge in [-0.05, 0) is 46.0 Å². The molecule has 0 radical (unpaired) electrons. The second kappa shape index (κ2) is 8.51. The number of nitrogens with zero attached hydrogens (tertiary/aromatic N) is 1. The van der Waals surface area contributed by atoms with E-state index >= 15 is 0 Å². The zero-order chi connectivity index (χ0) is 16.8. The summed E-state index contributed by atoms with van der Waals surface area (Å²) in [5.74, 6) is 0.801. The molecule has 1 rings (SSSR count). The second-order valence-electron chi connectivity index (χ2n) is 7.53. The Kier molecular flexibility index (Phi) is 7.33. The van der Waals surface area contributed by atoms with E-state index in [-0.39, 0.29) is 29.9 Å². The Bertz CT molecular complexity index is 367. The summed E-state index contributed by atoms with van der Waals surface area (Å²) in [7, 11) is 0. The van der Waals surface area contributed by atoms with Gasteiger partial charge in [0.25, 0.3) is 0 Å². The zero-order valence-electron chi connectivity index (χ0n) is 14.8. The number of likely N-dealkylation sites (tertiary alicyclic amines) is 1. The highest BCUT2D eigenvalue weighted by molar-refractivity contribution is 5.80. The fourth-order valence-electron chi connectivity index (χ4n) is 2.39. The summed E-state index contributed by atoms with van der Waals surface area (Å²) in [6.45, 7) is 12.3. The molecule has 5 heteroatoms. The molecule has 128 valence electrons. The van der Waals surface area contributed by atoms with E-state index in [2.05, 4.69) is 19.2 Å². The van der Waals surface area contributed by atoms with Crippen molar-refractivity contribution in [3.8, 4) is 0 Å². The lowest BCUT2D eigenvalue weighted by molar-refractivity contribution is -0.143. The molecule has 1 aliphatic rings. The highest BCUT2D eigenvalue weighted by Crippen LogP contribution is 2.18. The van der Waals surface area contributed by atoms with Crippen LogP contribution in [-0.4, -0.2) is 48.6 Å². The van der Waals surface area contributed by atoms with Gasteiger partial charge in [0.05, 0.1) is 5.60 Å². The summed E-state index contributed by atoms with van der Waals surface area (Å²) < 4.78 is 5.52. The Balaban J connectivity index is 2.27. The Morgan fingerprint density at radius 3 is 2.32 bits per heavy atom. The van der Waals surface area contributed by atoms with E-state index in [1.54, 1.807) is 0 Å². The van der Waals surface area contributed by atoms with E-state index in [4.69, 9.17) is 4.74 Å². The molecule has 0 aromatic rings. The Morgan fingerprint density at radius 1 is 1.23 bits per heavy atom. The standard InChI is InChI=1S/C17H32N2O3/c1-13(2)6-9-18-16(21)14-7-10-19(11-8-14)15(20)12-22-17(3,4)5/h13-14H,6-12H2,1-5H3,(H,18,21). The SMILES string of the molecule is CC(C)CCNC(=O)C1CCN(C(=O)COC(C)(C)C)CC1. The summed E-state index contributed by atoms with van der Waals surface area (Å²) in [6.07, 6.45) is 2.50. The van der Waals surface area contributed by atoms with Crippen molar-refractivity contribution < 1.29 is 14.3 Å². The molecular weight excluding hydrogens is 280 g/mol. The number of hydrogen-bond acceptors (Lipinski definition) is 3. The van der Waals surface area contributed by atoms with Crippen LogP contribution in [0.1, 0.15) is 53.9 Å². The second-order valence-corrected chi connectivity index (χ2v) is 7.53.